The van der Waals surface area contributed by atoms with Crippen molar-refractivity contribution in [2.45, 2.75) is 13.5 Å². The number of carbonyl (C=O) groups is 3. The van der Waals surface area contributed by atoms with Crippen LogP contribution in [0.1, 0.15) is 16.7 Å². The molecule has 2 fully saturated rings. The van der Waals surface area contributed by atoms with Crippen molar-refractivity contribution in [1.82, 2.24) is 9.80 Å². The topological polar surface area (TPSA) is 70.2 Å². The molecular weight excluding hydrogens is 569 g/mol. The number of para-hydroxylation sites is 1. The molecule has 10 heteroatoms. The number of hydrogen-bond acceptors (Lipinski definition) is 6. The molecule has 7 nitrogen and oxygen atoms in total. The van der Waals surface area contributed by atoms with E-state index in [9.17, 15) is 14.4 Å². The summed E-state index contributed by atoms with van der Waals surface area (Å²) >= 11 is 13.7. The molecule has 3 aromatic rings. The summed E-state index contributed by atoms with van der Waals surface area (Å²) in [7, 11) is 0. The van der Waals surface area contributed by atoms with Gasteiger partial charge in [0.25, 0.3) is 11.1 Å². The van der Waals surface area contributed by atoms with Gasteiger partial charge in [0.2, 0.25) is 5.91 Å². The molecule has 2 saturated heterocycles. The van der Waals surface area contributed by atoms with Crippen molar-refractivity contribution in [3.63, 3.8) is 0 Å². The van der Waals surface area contributed by atoms with Crippen LogP contribution in [-0.2, 0) is 16.2 Å². The smallest absolute Gasteiger partial charge is 0.294 e. The fourth-order valence-corrected chi connectivity index (χ4v) is 5.97. The Bertz CT molecular complexity index is 1430. The van der Waals surface area contributed by atoms with E-state index in [4.69, 9.17) is 27.9 Å². The van der Waals surface area contributed by atoms with Crippen molar-refractivity contribution in [3.8, 4) is 5.75 Å². The summed E-state index contributed by atoms with van der Waals surface area (Å²) in [5, 5.41) is 0.0904. The van der Waals surface area contributed by atoms with Gasteiger partial charge in [-0.1, -0.05) is 71.2 Å². The van der Waals surface area contributed by atoms with Gasteiger partial charge in [0, 0.05) is 31.9 Å². The molecule has 0 saturated carbocycles. The first-order valence-electron chi connectivity index (χ1n) is 12.8. The molecule has 3 aromatic carbocycles. The van der Waals surface area contributed by atoms with E-state index < -0.39 is 11.1 Å². The first-order valence-corrected chi connectivity index (χ1v) is 14.4. The van der Waals surface area contributed by atoms with Crippen molar-refractivity contribution in [1.29, 1.82) is 0 Å². The Kier molecular flexibility index (Phi) is 8.69. The highest BCUT2D eigenvalue weighted by molar-refractivity contribution is 8.18. The predicted octanol–water partition coefficient (Wildman–Crippen LogP) is 6.27. The summed E-state index contributed by atoms with van der Waals surface area (Å²) in [5.74, 6) is -0.428. The van der Waals surface area contributed by atoms with Crippen LogP contribution >= 0.6 is 35.0 Å². The number of hydrogen-bond donors (Lipinski definition) is 0. The second-order valence-electron chi connectivity index (χ2n) is 9.56. The van der Waals surface area contributed by atoms with Crippen LogP contribution in [-0.4, -0.2) is 59.6 Å². The summed E-state index contributed by atoms with van der Waals surface area (Å²) in [4.78, 5) is 43.7. The molecule has 206 valence electrons. The number of thioether (sulfide) groups is 1. The van der Waals surface area contributed by atoms with E-state index >= 15 is 0 Å². The van der Waals surface area contributed by atoms with E-state index in [-0.39, 0.29) is 27.4 Å². The van der Waals surface area contributed by atoms with E-state index in [0.29, 0.717) is 44.1 Å². The van der Waals surface area contributed by atoms with Crippen LogP contribution in [0.25, 0.3) is 6.08 Å². The number of benzene rings is 3. The van der Waals surface area contributed by atoms with E-state index in [1.54, 1.807) is 23.1 Å². The molecule has 0 N–H and O–H groups in total. The lowest BCUT2D eigenvalue weighted by molar-refractivity contribution is -0.136. The molecule has 0 spiro atoms. The fourth-order valence-electron chi connectivity index (χ4n) is 4.52. The zero-order valence-electron chi connectivity index (χ0n) is 21.8. The van der Waals surface area contributed by atoms with E-state index in [0.717, 1.165) is 33.5 Å². The van der Waals surface area contributed by atoms with Gasteiger partial charge in [-0.05, 0) is 60.2 Å². The maximum Gasteiger partial charge on any atom is 0.294 e. The van der Waals surface area contributed by atoms with Crippen LogP contribution in [0, 0.1) is 6.92 Å². The normalized spacial score (nSPS) is 16.7. The lowest BCUT2D eigenvalue weighted by Gasteiger charge is -2.36. The number of halogens is 2. The standard InChI is InChI=1S/C30H27Cl2N3O4S/c1-20-7-9-21(10-8-20)19-39-28-24(31)15-22(16-25(28)32)17-26-29(37)35(30(38)40-26)18-27(36)34-13-11-33(12-14-34)23-5-3-2-4-6-23/h2-10,15-17H,11-14,18-19H2,1H3/b26-17+. The molecular formula is C30H27Cl2N3O4S. The molecule has 5 rings (SSSR count). The summed E-state index contributed by atoms with van der Waals surface area (Å²) in [5.41, 5.74) is 3.78. The van der Waals surface area contributed by atoms with Gasteiger partial charge in [-0.2, -0.15) is 0 Å². The first kappa shape index (κ1) is 28.1. The van der Waals surface area contributed by atoms with Gasteiger partial charge in [0.15, 0.2) is 5.75 Å². The zero-order valence-corrected chi connectivity index (χ0v) is 24.1. The minimum atomic E-state index is -0.516. The lowest BCUT2D eigenvalue weighted by atomic mass is 10.1. The predicted molar refractivity (Wildman–Crippen MR) is 160 cm³/mol. The highest BCUT2D eigenvalue weighted by atomic mass is 35.5. The van der Waals surface area contributed by atoms with Crippen LogP contribution < -0.4 is 9.64 Å². The fraction of sp³-hybridized carbons (Fsp3) is 0.233. The van der Waals surface area contributed by atoms with Gasteiger partial charge in [-0.15, -0.1) is 0 Å². The number of nitrogens with zero attached hydrogens (tertiary/aromatic N) is 3. The number of aryl methyl sites for hydroxylation is 1. The lowest BCUT2D eigenvalue weighted by Crippen LogP contribution is -2.51. The zero-order chi connectivity index (χ0) is 28.2. The maximum atomic E-state index is 13.0. The summed E-state index contributed by atoms with van der Waals surface area (Å²) in [6, 6.07) is 21.2. The number of piperazine rings is 1. The van der Waals surface area contributed by atoms with Crippen LogP contribution in [0.2, 0.25) is 10.0 Å². The molecule has 3 amide bonds. The Morgan fingerprint density at radius 1 is 0.950 bits per heavy atom. The second kappa shape index (κ2) is 12.4. The molecule has 0 aromatic heterocycles. The third-order valence-corrected chi connectivity index (χ3v) is 8.21. The van der Waals surface area contributed by atoms with Crippen LogP contribution in [0.5, 0.6) is 5.75 Å². The van der Waals surface area contributed by atoms with Crippen molar-refractivity contribution in [2.24, 2.45) is 0 Å². The average molecular weight is 597 g/mol. The number of rotatable bonds is 7. The highest BCUT2D eigenvalue weighted by Gasteiger charge is 2.37. The van der Waals surface area contributed by atoms with Crippen LogP contribution in [0.15, 0.2) is 71.6 Å². The van der Waals surface area contributed by atoms with E-state index in [2.05, 4.69) is 4.90 Å². The van der Waals surface area contributed by atoms with Crippen molar-refractivity contribution < 1.29 is 19.1 Å². The average Bonchev–Trinajstić information content (AvgIpc) is 3.21. The summed E-state index contributed by atoms with van der Waals surface area (Å²) in [6.45, 7) is 4.43. The maximum absolute atomic E-state index is 13.0. The minimum Gasteiger partial charge on any atom is -0.486 e. The number of anilines is 1. The number of imide groups is 1. The largest absolute Gasteiger partial charge is 0.486 e. The SMILES string of the molecule is Cc1ccc(COc2c(Cl)cc(/C=C3/SC(=O)N(CC(=O)N4CCN(c5ccccc5)CC4)C3=O)cc2Cl)cc1. The highest BCUT2D eigenvalue weighted by Crippen LogP contribution is 2.38. The van der Waals surface area contributed by atoms with Gasteiger partial charge in [-0.25, -0.2) is 0 Å². The molecule has 2 aliphatic heterocycles. The third kappa shape index (κ3) is 6.46. The van der Waals surface area contributed by atoms with Crippen molar-refractivity contribution >= 4 is 63.8 Å². The molecule has 0 unspecified atom stereocenters. The van der Waals surface area contributed by atoms with Gasteiger partial charge >= 0.3 is 0 Å². The van der Waals surface area contributed by atoms with Crippen molar-refractivity contribution in [2.75, 3.05) is 37.6 Å². The molecule has 2 heterocycles. The van der Waals surface area contributed by atoms with E-state index in [1.165, 1.54) is 0 Å². The molecule has 0 radical (unpaired) electrons. The number of amides is 3. The Hall–Kier alpha value is -3.46. The van der Waals surface area contributed by atoms with Gasteiger partial charge in [0.05, 0.1) is 15.0 Å². The number of ether oxygens (including phenoxy) is 1. The first-order chi connectivity index (χ1) is 19.3. The summed E-state index contributed by atoms with van der Waals surface area (Å²) < 4.78 is 5.84. The Morgan fingerprint density at radius 2 is 1.60 bits per heavy atom. The molecule has 0 bridgehead atoms. The monoisotopic (exact) mass is 595 g/mol. The second-order valence-corrected chi connectivity index (χ2v) is 11.4. The van der Waals surface area contributed by atoms with Gasteiger partial charge < -0.3 is 14.5 Å². The number of carbonyl (C=O) groups excluding carboxylic acids is 3. The quantitative estimate of drug-likeness (QED) is 0.300. The molecule has 0 atom stereocenters. The Morgan fingerprint density at radius 3 is 2.25 bits per heavy atom. The van der Waals surface area contributed by atoms with Crippen molar-refractivity contribution in [3.05, 3.63) is 98.4 Å². The van der Waals surface area contributed by atoms with Gasteiger partial charge in [0.1, 0.15) is 13.2 Å². The van der Waals surface area contributed by atoms with Crippen LogP contribution in [0.3, 0.4) is 0 Å². The van der Waals surface area contributed by atoms with E-state index in [1.807, 2.05) is 61.5 Å². The third-order valence-electron chi connectivity index (χ3n) is 6.74. The Balaban J connectivity index is 1.20. The van der Waals surface area contributed by atoms with Crippen LogP contribution in [0.4, 0.5) is 10.5 Å². The van der Waals surface area contributed by atoms with Gasteiger partial charge in [-0.3, -0.25) is 19.3 Å². The minimum absolute atomic E-state index is 0.201. The Labute approximate surface area is 247 Å². The molecule has 2 aliphatic rings. The molecule has 40 heavy (non-hydrogen) atoms. The summed E-state index contributed by atoms with van der Waals surface area (Å²) in [6.07, 6.45) is 1.55. The molecule has 0 aliphatic carbocycles.